The van der Waals surface area contributed by atoms with Crippen LogP contribution >= 0.6 is 0 Å². The lowest BCUT2D eigenvalue weighted by molar-refractivity contribution is -0.148. The zero-order valence-corrected chi connectivity index (χ0v) is 11.5. The first-order chi connectivity index (χ1) is 9.69. The number of methoxy groups -OCH3 is 1. The van der Waals surface area contributed by atoms with Crippen molar-refractivity contribution in [2.24, 2.45) is 11.8 Å². The van der Waals surface area contributed by atoms with Crippen LogP contribution in [0.2, 0.25) is 0 Å². The number of benzene rings is 1. The smallest absolute Gasteiger partial charge is 0.310 e. The molecule has 3 rings (SSSR count). The monoisotopic (exact) mass is 276 g/mol. The van der Waals surface area contributed by atoms with Crippen LogP contribution in [0.15, 0.2) is 24.3 Å². The quantitative estimate of drug-likeness (QED) is 0.625. The summed E-state index contributed by atoms with van der Waals surface area (Å²) in [6.07, 6.45) is 0.805. The number of carbonyl (C=O) groups excluding carboxylic acids is 1. The van der Waals surface area contributed by atoms with Crippen molar-refractivity contribution in [1.82, 2.24) is 5.32 Å². The van der Waals surface area contributed by atoms with Gasteiger partial charge in [-0.3, -0.25) is 4.79 Å². The van der Waals surface area contributed by atoms with E-state index >= 15 is 0 Å². The number of nitrogen functional groups attached to an aromatic ring is 1. The summed E-state index contributed by atoms with van der Waals surface area (Å²) in [6, 6.07) is 7.95. The molecule has 0 saturated carbocycles. The minimum absolute atomic E-state index is 0.0361. The number of anilines is 1. The molecular formula is C15H20N2O3. The van der Waals surface area contributed by atoms with E-state index < -0.39 is 0 Å². The van der Waals surface area contributed by atoms with Crippen molar-refractivity contribution in [2.45, 2.75) is 18.5 Å². The SMILES string of the molecule is COC(=O)[C@H]1C[C@H]2COCC2N[C@H]1c1ccc(N)cc1. The van der Waals surface area contributed by atoms with E-state index in [1.165, 1.54) is 7.11 Å². The molecule has 1 aromatic rings. The molecule has 0 aromatic heterocycles. The number of ether oxygens (including phenoxy) is 2. The summed E-state index contributed by atoms with van der Waals surface area (Å²) in [7, 11) is 1.44. The number of hydrogen-bond donors (Lipinski definition) is 2. The molecule has 3 N–H and O–H groups in total. The van der Waals surface area contributed by atoms with E-state index in [4.69, 9.17) is 15.2 Å². The zero-order chi connectivity index (χ0) is 14.1. The molecule has 0 aliphatic carbocycles. The molecule has 1 unspecified atom stereocenters. The molecule has 0 spiro atoms. The van der Waals surface area contributed by atoms with Crippen molar-refractivity contribution >= 4 is 11.7 Å². The van der Waals surface area contributed by atoms with Gasteiger partial charge in [0.1, 0.15) is 0 Å². The lowest BCUT2D eigenvalue weighted by Crippen LogP contribution is -2.49. The third kappa shape index (κ3) is 2.39. The number of fused-ring (bicyclic) bond motifs is 1. The average Bonchev–Trinajstić information content (AvgIpc) is 2.93. The Bertz CT molecular complexity index is 488. The van der Waals surface area contributed by atoms with Crippen molar-refractivity contribution in [3.8, 4) is 0 Å². The van der Waals surface area contributed by atoms with E-state index in [-0.39, 0.29) is 17.9 Å². The first-order valence-corrected chi connectivity index (χ1v) is 6.96. The summed E-state index contributed by atoms with van der Waals surface area (Å²) in [5.74, 6) is 0.0559. The van der Waals surface area contributed by atoms with Crippen LogP contribution in [0.4, 0.5) is 5.69 Å². The highest BCUT2D eigenvalue weighted by Crippen LogP contribution is 2.37. The number of nitrogens with two attached hydrogens (primary N) is 1. The molecule has 5 heteroatoms. The zero-order valence-electron chi connectivity index (χ0n) is 11.5. The highest BCUT2D eigenvalue weighted by Gasteiger charge is 2.43. The average molecular weight is 276 g/mol. The van der Waals surface area contributed by atoms with E-state index in [2.05, 4.69) is 5.32 Å². The van der Waals surface area contributed by atoms with Gasteiger partial charge in [0.2, 0.25) is 0 Å². The largest absolute Gasteiger partial charge is 0.469 e. The number of nitrogens with one attached hydrogen (secondary N) is 1. The van der Waals surface area contributed by atoms with Gasteiger partial charge in [0.05, 0.1) is 26.2 Å². The minimum atomic E-state index is -0.174. The van der Waals surface area contributed by atoms with Crippen LogP contribution in [0, 0.1) is 11.8 Å². The summed E-state index contributed by atoms with van der Waals surface area (Å²) in [5.41, 5.74) is 7.52. The second kappa shape index (κ2) is 5.42. The maximum Gasteiger partial charge on any atom is 0.310 e. The molecule has 20 heavy (non-hydrogen) atoms. The highest BCUT2D eigenvalue weighted by molar-refractivity contribution is 5.73. The molecule has 2 aliphatic heterocycles. The molecule has 0 radical (unpaired) electrons. The lowest BCUT2D eigenvalue weighted by Gasteiger charge is -2.37. The highest BCUT2D eigenvalue weighted by atomic mass is 16.5. The Hall–Kier alpha value is -1.59. The van der Waals surface area contributed by atoms with E-state index in [0.29, 0.717) is 18.6 Å². The summed E-state index contributed by atoms with van der Waals surface area (Å²) < 4.78 is 10.5. The van der Waals surface area contributed by atoms with E-state index in [1.807, 2.05) is 24.3 Å². The molecule has 2 fully saturated rings. The molecule has 1 aromatic carbocycles. The second-order valence-corrected chi connectivity index (χ2v) is 5.58. The van der Waals surface area contributed by atoms with Crippen molar-refractivity contribution in [2.75, 3.05) is 26.1 Å². The Morgan fingerprint density at radius 2 is 2.10 bits per heavy atom. The third-order valence-corrected chi connectivity index (χ3v) is 4.35. The van der Waals surface area contributed by atoms with Crippen molar-refractivity contribution in [3.05, 3.63) is 29.8 Å². The Balaban J connectivity index is 1.88. The van der Waals surface area contributed by atoms with Gasteiger partial charge in [0.25, 0.3) is 0 Å². The van der Waals surface area contributed by atoms with Crippen LogP contribution in [0.5, 0.6) is 0 Å². The van der Waals surface area contributed by atoms with Crippen LogP contribution in [0.1, 0.15) is 18.0 Å². The normalized spacial score (nSPS) is 32.6. The Morgan fingerprint density at radius 3 is 2.80 bits per heavy atom. The fourth-order valence-corrected chi connectivity index (χ4v) is 3.24. The topological polar surface area (TPSA) is 73.6 Å². The van der Waals surface area contributed by atoms with Crippen molar-refractivity contribution < 1.29 is 14.3 Å². The first kappa shape index (κ1) is 13.4. The Labute approximate surface area is 118 Å². The van der Waals surface area contributed by atoms with E-state index in [0.717, 1.165) is 24.3 Å². The van der Waals surface area contributed by atoms with Crippen LogP contribution in [-0.4, -0.2) is 32.3 Å². The predicted octanol–water partition coefficient (Wildman–Crippen LogP) is 1.11. The standard InChI is InChI=1S/C15H20N2O3/c1-19-15(18)12-6-10-7-20-8-13(10)17-14(12)9-2-4-11(16)5-3-9/h2-5,10,12-14,17H,6-8,16H2,1H3/t10-,12-,13?,14-/m0/s1. The van der Waals surface area contributed by atoms with Crippen molar-refractivity contribution in [1.29, 1.82) is 0 Å². The fourth-order valence-electron chi connectivity index (χ4n) is 3.24. The number of rotatable bonds is 2. The molecule has 0 bridgehead atoms. The number of esters is 1. The number of piperidine rings is 1. The third-order valence-electron chi connectivity index (χ3n) is 4.35. The fraction of sp³-hybridized carbons (Fsp3) is 0.533. The molecule has 0 amide bonds. The van der Waals surface area contributed by atoms with Crippen LogP contribution < -0.4 is 11.1 Å². The minimum Gasteiger partial charge on any atom is -0.469 e. The molecular weight excluding hydrogens is 256 g/mol. The van der Waals surface area contributed by atoms with E-state index in [9.17, 15) is 4.79 Å². The van der Waals surface area contributed by atoms with Crippen LogP contribution in [0.3, 0.4) is 0 Å². The molecule has 5 nitrogen and oxygen atoms in total. The van der Waals surface area contributed by atoms with Gasteiger partial charge in [-0.25, -0.2) is 0 Å². The van der Waals surface area contributed by atoms with Gasteiger partial charge in [0.15, 0.2) is 0 Å². The molecule has 4 atom stereocenters. The number of carbonyl (C=O) groups is 1. The summed E-state index contributed by atoms with van der Waals surface area (Å²) >= 11 is 0. The summed E-state index contributed by atoms with van der Waals surface area (Å²) in [4.78, 5) is 12.1. The van der Waals surface area contributed by atoms with Crippen LogP contribution in [-0.2, 0) is 14.3 Å². The first-order valence-electron chi connectivity index (χ1n) is 6.96. The van der Waals surface area contributed by atoms with Gasteiger partial charge in [0, 0.05) is 23.7 Å². The maximum atomic E-state index is 12.1. The lowest BCUT2D eigenvalue weighted by atomic mass is 9.79. The molecule has 2 saturated heterocycles. The van der Waals surface area contributed by atoms with Gasteiger partial charge < -0.3 is 20.5 Å². The number of hydrogen-bond acceptors (Lipinski definition) is 5. The van der Waals surface area contributed by atoms with Crippen molar-refractivity contribution in [3.63, 3.8) is 0 Å². The van der Waals surface area contributed by atoms with Crippen LogP contribution in [0.25, 0.3) is 0 Å². The summed E-state index contributed by atoms with van der Waals surface area (Å²) in [6.45, 7) is 1.43. The predicted molar refractivity (Wildman–Crippen MR) is 75.0 cm³/mol. The Kier molecular flexibility index (Phi) is 3.63. The van der Waals surface area contributed by atoms with Gasteiger partial charge in [-0.05, 0) is 24.1 Å². The maximum absolute atomic E-state index is 12.1. The van der Waals surface area contributed by atoms with Gasteiger partial charge >= 0.3 is 5.97 Å². The van der Waals surface area contributed by atoms with Gasteiger partial charge in [-0.1, -0.05) is 12.1 Å². The molecule has 2 heterocycles. The second-order valence-electron chi connectivity index (χ2n) is 5.58. The molecule has 108 valence electrons. The summed E-state index contributed by atoms with van der Waals surface area (Å²) in [5, 5.41) is 3.55. The van der Waals surface area contributed by atoms with Gasteiger partial charge in [-0.2, -0.15) is 0 Å². The molecule has 2 aliphatic rings. The van der Waals surface area contributed by atoms with Gasteiger partial charge in [-0.15, -0.1) is 0 Å². The van der Waals surface area contributed by atoms with E-state index in [1.54, 1.807) is 0 Å². The Morgan fingerprint density at radius 1 is 1.35 bits per heavy atom.